The Hall–Kier alpha value is -0.860. The molecule has 0 aromatic heterocycles. The predicted molar refractivity (Wildman–Crippen MR) is 112 cm³/mol. The van der Waals surface area contributed by atoms with Crippen molar-refractivity contribution in [2.45, 2.75) is 54.9 Å². The van der Waals surface area contributed by atoms with E-state index in [0.717, 1.165) is 12.3 Å². The molecule has 0 saturated heterocycles. The van der Waals surface area contributed by atoms with Crippen molar-refractivity contribution in [3.8, 4) is 0 Å². The first-order chi connectivity index (χ1) is 12.7. The first-order valence-electron chi connectivity index (χ1n) is 9.92. The van der Waals surface area contributed by atoms with Crippen LogP contribution in [0.3, 0.4) is 0 Å². The van der Waals surface area contributed by atoms with Gasteiger partial charge in [-0.15, -0.1) is 0 Å². The number of ether oxygens (including phenoxy) is 4. The van der Waals surface area contributed by atoms with Crippen LogP contribution in [0.2, 0.25) is 0 Å². The molecule has 162 valence electrons. The van der Waals surface area contributed by atoms with Gasteiger partial charge in [-0.3, -0.25) is 0 Å². The van der Waals surface area contributed by atoms with Crippen molar-refractivity contribution in [2.24, 2.45) is 11.6 Å². The highest BCUT2D eigenvalue weighted by molar-refractivity contribution is 4.95. The summed E-state index contributed by atoms with van der Waals surface area (Å²) in [6.45, 7) is 18.7. The van der Waals surface area contributed by atoms with Crippen LogP contribution >= 0.6 is 0 Å². The van der Waals surface area contributed by atoms with Crippen molar-refractivity contribution in [1.29, 1.82) is 0 Å². The van der Waals surface area contributed by atoms with E-state index in [0.29, 0.717) is 52.7 Å². The number of nitrogens with zero attached hydrogens (tertiary/aromatic N) is 1. The Kier molecular flexibility index (Phi) is 44.5. The van der Waals surface area contributed by atoms with E-state index in [4.69, 9.17) is 30.5 Å². The van der Waals surface area contributed by atoms with Crippen molar-refractivity contribution >= 4 is 0 Å². The van der Waals surface area contributed by atoms with Gasteiger partial charge in [0.1, 0.15) is 0 Å². The highest BCUT2D eigenvalue weighted by atomic mass is 16.6. The van der Waals surface area contributed by atoms with Crippen LogP contribution in [0.15, 0.2) is 11.9 Å². The zero-order valence-corrected chi connectivity index (χ0v) is 18.7. The van der Waals surface area contributed by atoms with Gasteiger partial charge in [-0.25, -0.2) is 5.84 Å². The minimum atomic E-state index is 0.547. The number of hydrogen-bond acceptors (Lipinski definition) is 7. The zero-order chi connectivity index (χ0) is 21.1. The zero-order valence-electron chi connectivity index (χ0n) is 18.7. The van der Waals surface area contributed by atoms with Crippen molar-refractivity contribution in [3.63, 3.8) is 0 Å². The maximum absolute atomic E-state index is 5.57. The lowest BCUT2D eigenvalue weighted by atomic mass is 10.3. The van der Waals surface area contributed by atoms with E-state index in [2.05, 4.69) is 0 Å². The number of hydrogen-bond donors (Lipinski definition) is 2. The highest BCUT2D eigenvalue weighted by Gasteiger charge is 1.99. The van der Waals surface area contributed by atoms with E-state index < -0.39 is 0 Å². The summed E-state index contributed by atoms with van der Waals surface area (Å²) in [5.74, 6) is 5.57. The van der Waals surface area contributed by atoms with Crippen molar-refractivity contribution < 1.29 is 18.9 Å². The summed E-state index contributed by atoms with van der Waals surface area (Å²) in [5, 5.41) is 1.49. The first-order valence-corrected chi connectivity index (χ1v) is 9.92. The average molecular weight is 382 g/mol. The van der Waals surface area contributed by atoms with Gasteiger partial charge in [0.25, 0.3) is 0 Å². The molecule has 26 heavy (non-hydrogen) atoms. The SMILES string of the molecule is CC.CC.CC.CCOCCOCCOCCOCC/C(=C/N)N(C)N. The molecular weight excluding hydrogens is 334 g/mol. The molecule has 0 radical (unpaired) electrons. The summed E-state index contributed by atoms with van der Waals surface area (Å²) in [6.07, 6.45) is 2.17. The van der Waals surface area contributed by atoms with Crippen LogP contribution in [0.4, 0.5) is 0 Å². The predicted octanol–water partition coefficient (Wildman–Crippen LogP) is 3.15. The van der Waals surface area contributed by atoms with Gasteiger partial charge in [-0.2, -0.15) is 0 Å². The molecule has 0 rings (SSSR count). The fourth-order valence-electron chi connectivity index (χ4n) is 1.36. The van der Waals surface area contributed by atoms with Gasteiger partial charge in [-0.05, 0) is 6.92 Å². The molecule has 0 bridgehead atoms. The Morgan fingerprint density at radius 3 is 1.38 bits per heavy atom. The van der Waals surface area contributed by atoms with E-state index in [1.807, 2.05) is 48.5 Å². The molecule has 0 fully saturated rings. The molecule has 0 spiro atoms. The average Bonchev–Trinajstić information content (AvgIpc) is 2.70. The number of rotatable bonds is 14. The van der Waals surface area contributed by atoms with Crippen LogP contribution < -0.4 is 11.6 Å². The third kappa shape index (κ3) is 31.0. The largest absolute Gasteiger partial charge is 0.403 e. The molecule has 0 aliphatic rings. The van der Waals surface area contributed by atoms with Gasteiger partial charge in [-0.1, -0.05) is 41.5 Å². The maximum Gasteiger partial charge on any atom is 0.0701 e. The second-order valence-electron chi connectivity index (χ2n) is 4.05. The summed E-state index contributed by atoms with van der Waals surface area (Å²) < 4.78 is 21.2. The van der Waals surface area contributed by atoms with Crippen LogP contribution in [0.25, 0.3) is 0 Å². The summed E-state index contributed by atoms with van der Waals surface area (Å²) in [7, 11) is 1.74. The monoisotopic (exact) mass is 381 g/mol. The quantitative estimate of drug-likeness (QED) is 0.271. The van der Waals surface area contributed by atoms with Gasteiger partial charge in [0.15, 0.2) is 0 Å². The van der Waals surface area contributed by atoms with E-state index in [9.17, 15) is 0 Å². The summed E-state index contributed by atoms with van der Waals surface area (Å²) >= 11 is 0. The Bertz CT molecular complexity index is 241. The summed E-state index contributed by atoms with van der Waals surface area (Å²) in [4.78, 5) is 0. The first kappa shape index (κ1) is 32.8. The second-order valence-corrected chi connectivity index (χ2v) is 4.05. The molecule has 0 unspecified atom stereocenters. The summed E-state index contributed by atoms with van der Waals surface area (Å²) in [5.41, 5.74) is 6.27. The molecule has 7 nitrogen and oxygen atoms in total. The Morgan fingerprint density at radius 1 is 0.731 bits per heavy atom. The van der Waals surface area contributed by atoms with Crippen LogP contribution in [0.1, 0.15) is 54.9 Å². The molecule has 0 aliphatic heterocycles. The molecule has 7 heteroatoms. The summed E-state index contributed by atoms with van der Waals surface area (Å²) in [6, 6.07) is 0. The van der Waals surface area contributed by atoms with Gasteiger partial charge in [0, 0.05) is 32.0 Å². The van der Waals surface area contributed by atoms with Crippen molar-refractivity contribution in [2.75, 3.05) is 59.9 Å². The van der Waals surface area contributed by atoms with Crippen molar-refractivity contribution in [1.82, 2.24) is 5.01 Å². The van der Waals surface area contributed by atoms with Gasteiger partial charge < -0.3 is 29.7 Å². The fourth-order valence-corrected chi connectivity index (χ4v) is 1.36. The third-order valence-corrected chi connectivity index (χ3v) is 2.47. The molecule has 0 atom stereocenters. The Labute approximate surface area is 163 Å². The minimum absolute atomic E-state index is 0.547. The lowest BCUT2D eigenvalue weighted by Crippen LogP contribution is -2.26. The Balaban J connectivity index is -0.000000362. The molecule has 0 saturated carbocycles. The van der Waals surface area contributed by atoms with Crippen LogP contribution in [0, 0.1) is 0 Å². The molecule has 0 aromatic rings. The molecule has 4 N–H and O–H groups in total. The maximum atomic E-state index is 5.57. The molecule has 0 aromatic carbocycles. The highest BCUT2D eigenvalue weighted by Crippen LogP contribution is 2.00. The normalized spacial score (nSPS) is 9.81. The van der Waals surface area contributed by atoms with Crippen LogP contribution in [0.5, 0.6) is 0 Å². The van der Waals surface area contributed by atoms with Crippen molar-refractivity contribution in [3.05, 3.63) is 11.9 Å². The van der Waals surface area contributed by atoms with E-state index >= 15 is 0 Å². The molecule has 0 aliphatic carbocycles. The topological polar surface area (TPSA) is 92.2 Å². The standard InChI is InChI=1S/C13H29N3O4.3C2H6/c1-3-17-6-7-19-10-11-20-9-8-18-5-4-13(12-14)16(2)15;3*1-2/h12H,3-11,14-15H2,1-2H3;3*1-2H3/b13-12-;;;. The Morgan fingerprint density at radius 2 is 1.08 bits per heavy atom. The molecular formula is C19H47N3O4. The van der Waals surface area contributed by atoms with Crippen LogP contribution in [-0.4, -0.2) is 64.9 Å². The lowest BCUT2D eigenvalue weighted by Gasteiger charge is -2.15. The van der Waals surface area contributed by atoms with E-state index in [1.54, 1.807) is 7.05 Å². The van der Waals surface area contributed by atoms with E-state index in [-0.39, 0.29) is 0 Å². The smallest absolute Gasteiger partial charge is 0.0701 e. The fraction of sp³-hybridized carbons (Fsp3) is 0.895. The van der Waals surface area contributed by atoms with Gasteiger partial charge in [0.05, 0.1) is 46.2 Å². The molecule has 0 heterocycles. The number of hydrazine groups is 1. The van der Waals surface area contributed by atoms with E-state index in [1.165, 1.54) is 11.2 Å². The van der Waals surface area contributed by atoms with Crippen LogP contribution in [-0.2, 0) is 18.9 Å². The minimum Gasteiger partial charge on any atom is -0.403 e. The molecule has 0 amide bonds. The third-order valence-electron chi connectivity index (χ3n) is 2.47. The van der Waals surface area contributed by atoms with Gasteiger partial charge >= 0.3 is 0 Å². The lowest BCUT2D eigenvalue weighted by molar-refractivity contribution is -0.000470. The second kappa shape index (κ2) is 35.3. The number of nitrogens with two attached hydrogens (primary N) is 2. The van der Waals surface area contributed by atoms with Gasteiger partial charge in [0.2, 0.25) is 0 Å².